The van der Waals surface area contributed by atoms with E-state index in [0.717, 1.165) is 45.4 Å². The van der Waals surface area contributed by atoms with Crippen LogP contribution in [0.25, 0.3) is 0 Å². The molecule has 5 nitrogen and oxygen atoms in total. The van der Waals surface area contributed by atoms with E-state index in [2.05, 4.69) is 22.9 Å². The third-order valence-corrected chi connectivity index (χ3v) is 5.16. The normalized spacial score (nSPS) is 27.8. The fourth-order valence-corrected chi connectivity index (χ4v) is 3.66. The topological polar surface area (TPSA) is 62.5 Å². The summed E-state index contributed by atoms with van der Waals surface area (Å²) in [5.41, 5.74) is 7.17. The first-order valence-corrected chi connectivity index (χ1v) is 8.33. The molecule has 1 saturated carbocycles. The zero-order valence-electron chi connectivity index (χ0n) is 13.3. The smallest absolute Gasteiger partial charge is 0.225 e. The maximum Gasteiger partial charge on any atom is 0.225 e. The third-order valence-electron chi connectivity index (χ3n) is 5.16. The Balaban J connectivity index is 1.53. The van der Waals surface area contributed by atoms with Crippen molar-refractivity contribution < 1.29 is 4.79 Å². The molecule has 1 aliphatic heterocycles. The highest BCUT2D eigenvalue weighted by atomic mass is 16.2. The highest BCUT2D eigenvalue weighted by molar-refractivity contribution is 5.79. The molecule has 3 rings (SSSR count). The lowest BCUT2D eigenvalue weighted by atomic mass is 10.0. The van der Waals surface area contributed by atoms with Gasteiger partial charge in [-0.2, -0.15) is 0 Å². The summed E-state index contributed by atoms with van der Waals surface area (Å²) in [7, 11) is 0. The predicted octanol–water partition coefficient (Wildman–Crippen LogP) is 1.41. The van der Waals surface area contributed by atoms with E-state index in [0.29, 0.717) is 11.9 Å². The maximum atomic E-state index is 12.5. The van der Waals surface area contributed by atoms with Gasteiger partial charge in [0.2, 0.25) is 5.91 Å². The van der Waals surface area contributed by atoms with Crippen LogP contribution in [0.2, 0.25) is 0 Å². The number of amides is 1. The molecule has 120 valence electrons. The van der Waals surface area contributed by atoms with Crippen LogP contribution in [-0.2, 0) is 4.79 Å². The molecular weight excluding hydrogens is 276 g/mol. The summed E-state index contributed by atoms with van der Waals surface area (Å²) in [4.78, 5) is 21.2. The minimum atomic E-state index is 0.164. The van der Waals surface area contributed by atoms with Gasteiger partial charge in [0.15, 0.2) is 0 Å². The lowest BCUT2D eigenvalue weighted by molar-refractivity contribution is -0.137. The number of nitrogens with two attached hydrogens (primary N) is 1. The summed E-state index contributed by atoms with van der Waals surface area (Å²) >= 11 is 0. The molecule has 1 amide bonds. The zero-order valence-corrected chi connectivity index (χ0v) is 13.3. The lowest BCUT2D eigenvalue weighted by Crippen LogP contribution is -2.50. The molecule has 1 aliphatic carbocycles. The number of carbonyl (C=O) groups excluding carboxylic acids is 1. The van der Waals surface area contributed by atoms with E-state index in [1.807, 2.05) is 17.2 Å². The van der Waals surface area contributed by atoms with Gasteiger partial charge in [0, 0.05) is 56.6 Å². The quantitative estimate of drug-likeness (QED) is 0.917. The van der Waals surface area contributed by atoms with Crippen LogP contribution in [0.4, 0.5) is 0 Å². The van der Waals surface area contributed by atoms with Gasteiger partial charge in [-0.1, -0.05) is 6.07 Å². The molecule has 1 aromatic rings. The van der Waals surface area contributed by atoms with Gasteiger partial charge in [-0.15, -0.1) is 0 Å². The maximum absolute atomic E-state index is 12.5. The second kappa shape index (κ2) is 6.75. The fourth-order valence-electron chi connectivity index (χ4n) is 3.66. The number of hydrogen-bond donors (Lipinski definition) is 1. The molecule has 0 aromatic carbocycles. The zero-order chi connectivity index (χ0) is 15.5. The largest absolute Gasteiger partial charge is 0.340 e. The Morgan fingerprint density at radius 1 is 1.32 bits per heavy atom. The number of piperazine rings is 1. The summed E-state index contributed by atoms with van der Waals surface area (Å²) in [6.45, 7) is 5.73. The van der Waals surface area contributed by atoms with Crippen molar-refractivity contribution in [2.75, 3.05) is 26.2 Å². The lowest BCUT2D eigenvalue weighted by Gasteiger charge is -2.39. The van der Waals surface area contributed by atoms with Gasteiger partial charge < -0.3 is 10.6 Å². The first-order valence-electron chi connectivity index (χ1n) is 8.33. The number of rotatable bonds is 3. The first-order chi connectivity index (χ1) is 10.6. The van der Waals surface area contributed by atoms with Crippen LogP contribution < -0.4 is 5.73 Å². The van der Waals surface area contributed by atoms with E-state index >= 15 is 0 Å². The van der Waals surface area contributed by atoms with Crippen LogP contribution in [0.15, 0.2) is 24.5 Å². The van der Waals surface area contributed by atoms with E-state index < -0.39 is 0 Å². The molecule has 1 saturated heterocycles. The van der Waals surface area contributed by atoms with Crippen LogP contribution >= 0.6 is 0 Å². The molecule has 1 aromatic heterocycles. The Hall–Kier alpha value is -1.46. The molecule has 0 bridgehead atoms. The van der Waals surface area contributed by atoms with E-state index in [9.17, 15) is 4.79 Å². The first kappa shape index (κ1) is 15.4. The monoisotopic (exact) mass is 302 g/mol. The molecule has 2 fully saturated rings. The van der Waals surface area contributed by atoms with Crippen molar-refractivity contribution in [3.05, 3.63) is 30.1 Å². The van der Waals surface area contributed by atoms with Gasteiger partial charge in [-0.05, 0) is 37.8 Å². The summed E-state index contributed by atoms with van der Waals surface area (Å²) in [6.07, 6.45) is 6.56. The Morgan fingerprint density at radius 2 is 2.09 bits per heavy atom. The van der Waals surface area contributed by atoms with Crippen molar-refractivity contribution in [2.24, 2.45) is 11.7 Å². The Kier molecular flexibility index (Phi) is 4.74. The van der Waals surface area contributed by atoms with Gasteiger partial charge in [0.25, 0.3) is 0 Å². The molecule has 2 heterocycles. The Bertz CT molecular complexity index is 499. The molecule has 2 N–H and O–H groups in total. The van der Waals surface area contributed by atoms with E-state index in [1.54, 1.807) is 6.20 Å². The molecule has 22 heavy (non-hydrogen) atoms. The Labute approximate surface area is 132 Å². The van der Waals surface area contributed by atoms with Crippen LogP contribution in [0.3, 0.4) is 0 Å². The van der Waals surface area contributed by atoms with Crippen LogP contribution in [-0.4, -0.2) is 52.9 Å². The fraction of sp³-hybridized carbons (Fsp3) is 0.647. The van der Waals surface area contributed by atoms with Gasteiger partial charge >= 0.3 is 0 Å². The number of pyridine rings is 1. The van der Waals surface area contributed by atoms with Gasteiger partial charge in [-0.3, -0.25) is 14.7 Å². The van der Waals surface area contributed by atoms with Crippen molar-refractivity contribution in [2.45, 2.75) is 38.3 Å². The molecular formula is C17H26N4O. The van der Waals surface area contributed by atoms with Crippen LogP contribution in [0, 0.1) is 5.92 Å². The Morgan fingerprint density at radius 3 is 2.68 bits per heavy atom. The van der Waals surface area contributed by atoms with Gasteiger partial charge in [0.1, 0.15) is 0 Å². The van der Waals surface area contributed by atoms with E-state index in [4.69, 9.17) is 5.73 Å². The van der Waals surface area contributed by atoms with E-state index in [1.165, 1.54) is 5.56 Å². The van der Waals surface area contributed by atoms with Gasteiger partial charge in [0.05, 0.1) is 0 Å². The molecule has 5 heteroatoms. The highest BCUT2D eigenvalue weighted by Crippen LogP contribution is 2.27. The number of aromatic nitrogens is 1. The second-order valence-electron chi connectivity index (χ2n) is 6.59. The van der Waals surface area contributed by atoms with Crippen molar-refractivity contribution in [3.8, 4) is 0 Å². The second-order valence-corrected chi connectivity index (χ2v) is 6.59. The van der Waals surface area contributed by atoms with Crippen molar-refractivity contribution in [1.82, 2.24) is 14.8 Å². The SMILES string of the molecule is C[C@H](c1cccnc1)N1CCN(C(=O)[C@H]2CC[C@@H](N)C2)CC1. The van der Waals surface area contributed by atoms with Crippen LogP contribution in [0.1, 0.15) is 37.8 Å². The van der Waals surface area contributed by atoms with Crippen LogP contribution in [0.5, 0.6) is 0 Å². The number of hydrogen-bond acceptors (Lipinski definition) is 4. The summed E-state index contributed by atoms with van der Waals surface area (Å²) in [6, 6.07) is 4.68. The standard InChI is InChI=1S/C17H26N4O/c1-13(15-3-2-6-19-12-15)20-7-9-21(10-8-20)17(22)14-4-5-16(18)11-14/h2-3,6,12-14,16H,4-5,7-11,18H2,1H3/t13-,14+,16-/m1/s1. The summed E-state index contributed by atoms with van der Waals surface area (Å²) < 4.78 is 0. The molecule has 2 aliphatic rings. The number of nitrogens with zero attached hydrogens (tertiary/aromatic N) is 3. The number of carbonyl (C=O) groups is 1. The minimum Gasteiger partial charge on any atom is -0.340 e. The van der Waals surface area contributed by atoms with Crippen molar-refractivity contribution >= 4 is 5.91 Å². The molecule has 3 atom stereocenters. The predicted molar refractivity (Wildman–Crippen MR) is 86.1 cm³/mol. The van der Waals surface area contributed by atoms with Crippen molar-refractivity contribution in [3.63, 3.8) is 0 Å². The summed E-state index contributed by atoms with van der Waals surface area (Å²) in [5, 5.41) is 0. The molecule has 0 unspecified atom stereocenters. The average molecular weight is 302 g/mol. The third kappa shape index (κ3) is 3.31. The molecule has 0 radical (unpaired) electrons. The minimum absolute atomic E-state index is 0.164. The summed E-state index contributed by atoms with van der Waals surface area (Å²) in [5.74, 6) is 0.485. The molecule has 0 spiro atoms. The van der Waals surface area contributed by atoms with Gasteiger partial charge in [-0.25, -0.2) is 0 Å². The van der Waals surface area contributed by atoms with Crippen molar-refractivity contribution in [1.29, 1.82) is 0 Å². The highest BCUT2D eigenvalue weighted by Gasteiger charge is 2.33. The van der Waals surface area contributed by atoms with E-state index in [-0.39, 0.29) is 12.0 Å². The average Bonchev–Trinajstić information content (AvgIpc) is 3.01.